The maximum Gasteiger partial charge on any atom is 0.322 e. The molecular weight excluding hydrogens is 233 g/mol. The van der Waals surface area contributed by atoms with E-state index in [1.165, 1.54) is 13.2 Å². The molecule has 0 heterocycles. The van der Waals surface area contributed by atoms with Gasteiger partial charge in [-0.2, -0.15) is 0 Å². The van der Waals surface area contributed by atoms with Crippen LogP contribution in [0.15, 0.2) is 18.2 Å². The molecule has 0 radical (unpaired) electrons. The number of ether oxygens (including phenoxy) is 1. The first kappa shape index (κ1) is 14.9. The van der Waals surface area contributed by atoms with E-state index in [-0.39, 0.29) is 24.6 Å². The van der Waals surface area contributed by atoms with E-state index in [1.54, 1.807) is 19.1 Å². The van der Waals surface area contributed by atoms with Crippen molar-refractivity contribution in [1.29, 1.82) is 0 Å². The summed E-state index contributed by atoms with van der Waals surface area (Å²) in [5.74, 6) is -0.777. The summed E-state index contributed by atoms with van der Waals surface area (Å²) in [6, 6.07) is 4.06. The number of methoxy groups -OCH3 is 1. The first-order valence-corrected chi connectivity index (χ1v) is 4.63. The minimum absolute atomic E-state index is 0. The number of nitrogens with two attached hydrogens (primary N) is 1. The molecule has 2 N–H and O–H groups in total. The summed E-state index contributed by atoms with van der Waals surface area (Å²) in [4.78, 5) is 11.0. The van der Waals surface area contributed by atoms with Crippen LogP contribution >= 0.6 is 12.4 Å². The van der Waals surface area contributed by atoms with Crippen LogP contribution in [-0.2, 0) is 16.0 Å². The van der Waals surface area contributed by atoms with E-state index in [1.807, 2.05) is 0 Å². The van der Waals surface area contributed by atoms with Crippen molar-refractivity contribution in [2.75, 3.05) is 7.11 Å². The Bertz CT molecular complexity index is 371. The van der Waals surface area contributed by atoms with Crippen LogP contribution < -0.4 is 5.73 Å². The highest BCUT2D eigenvalue weighted by atomic mass is 35.5. The zero-order valence-electron chi connectivity index (χ0n) is 9.20. The smallest absolute Gasteiger partial charge is 0.322 e. The van der Waals surface area contributed by atoms with E-state index >= 15 is 0 Å². The van der Waals surface area contributed by atoms with Gasteiger partial charge in [-0.25, -0.2) is 4.39 Å². The lowest BCUT2D eigenvalue weighted by Crippen LogP contribution is -2.33. The minimum Gasteiger partial charge on any atom is -0.468 e. The number of benzene rings is 1. The second-order valence-electron chi connectivity index (χ2n) is 3.42. The molecule has 0 aliphatic rings. The van der Waals surface area contributed by atoms with Gasteiger partial charge in [-0.15, -0.1) is 12.4 Å². The molecule has 0 aliphatic carbocycles. The van der Waals surface area contributed by atoms with E-state index in [0.717, 1.165) is 0 Å². The Morgan fingerprint density at radius 2 is 2.19 bits per heavy atom. The molecule has 0 amide bonds. The normalized spacial score (nSPS) is 11.5. The quantitative estimate of drug-likeness (QED) is 0.826. The summed E-state index contributed by atoms with van der Waals surface area (Å²) in [5.41, 5.74) is 6.82. The van der Waals surface area contributed by atoms with Crippen LogP contribution in [0.4, 0.5) is 4.39 Å². The number of carbonyl (C=O) groups is 1. The Hall–Kier alpha value is -1.13. The van der Waals surface area contributed by atoms with Gasteiger partial charge >= 0.3 is 5.97 Å². The van der Waals surface area contributed by atoms with Gasteiger partial charge in [-0.05, 0) is 30.5 Å². The summed E-state index contributed by atoms with van der Waals surface area (Å²) >= 11 is 0. The molecule has 0 bridgehead atoms. The summed E-state index contributed by atoms with van der Waals surface area (Å²) < 4.78 is 17.6. The zero-order valence-corrected chi connectivity index (χ0v) is 10.0. The fourth-order valence-corrected chi connectivity index (χ4v) is 1.25. The summed E-state index contributed by atoms with van der Waals surface area (Å²) in [7, 11) is 1.28. The maximum atomic E-state index is 13.2. The number of esters is 1. The molecule has 5 heteroatoms. The van der Waals surface area contributed by atoms with Gasteiger partial charge in [0, 0.05) is 0 Å². The molecular formula is C11H15ClFNO2. The van der Waals surface area contributed by atoms with E-state index < -0.39 is 12.0 Å². The molecule has 0 aromatic heterocycles. The lowest BCUT2D eigenvalue weighted by atomic mass is 10.0. The Morgan fingerprint density at radius 1 is 1.56 bits per heavy atom. The third-order valence-corrected chi connectivity index (χ3v) is 2.20. The topological polar surface area (TPSA) is 52.3 Å². The minimum atomic E-state index is -0.739. The second kappa shape index (κ2) is 6.45. The van der Waals surface area contributed by atoms with Crippen molar-refractivity contribution < 1.29 is 13.9 Å². The Morgan fingerprint density at radius 3 is 2.69 bits per heavy atom. The molecule has 0 saturated carbocycles. The van der Waals surface area contributed by atoms with Crippen molar-refractivity contribution in [3.8, 4) is 0 Å². The molecule has 0 fully saturated rings. The second-order valence-corrected chi connectivity index (χ2v) is 3.42. The molecule has 1 rings (SSSR count). The van der Waals surface area contributed by atoms with E-state index in [2.05, 4.69) is 4.74 Å². The van der Waals surface area contributed by atoms with Crippen LogP contribution in [0, 0.1) is 12.7 Å². The lowest BCUT2D eigenvalue weighted by Gasteiger charge is -2.09. The first-order valence-electron chi connectivity index (χ1n) is 4.63. The van der Waals surface area contributed by atoms with Gasteiger partial charge in [-0.1, -0.05) is 12.1 Å². The third-order valence-electron chi connectivity index (χ3n) is 2.20. The summed E-state index contributed by atoms with van der Waals surface area (Å²) in [6.45, 7) is 1.68. The van der Waals surface area contributed by atoms with Crippen molar-refractivity contribution in [3.63, 3.8) is 0 Å². The predicted molar refractivity (Wildman–Crippen MR) is 62.1 cm³/mol. The van der Waals surface area contributed by atoms with Gasteiger partial charge in [0.2, 0.25) is 0 Å². The van der Waals surface area contributed by atoms with Crippen molar-refractivity contribution in [2.24, 2.45) is 5.73 Å². The van der Waals surface area contributed by atoms with Crippen molar-refractivity contribution >= 4 is 18.4 Å². The largest absolute Gasteiger partial charge is 0.468 e. The van der Waals surface area contributed by atoms with E-state index in [4.69, 9.17) is 5.73 Å². The number of carbonyl (C=O) groups excluding carboxylic acids is 1. The fraction of sp³-hybridized carbons (Fsp3) is 0.364. The molecule has 90 valence electrons. The van der Waals surface area contributed by atoms with Gasteiger partial charge in [0.1, 0.15) is 11.9 Å². The lowest BCUT2D eigenvalue weighted by molar-refractivity contribution is -0.142. The molecule has 1 atom stereocenters. The van der Waals surface area contributed by atoms with Gasteiger partial charge in [-0.3, -0.25) is 4.79 Å². The zero-order chi connectivity index (χ0) is 11.4. The molecule has 0 aliphatic heterocycles. The number of rotatable bonds is 3. The average Bonchev–Trinajstić information content (AvgIpc) is 2.22. The molecule has 0 spiro atoms. The van der Waals surface area contributed by atoms with Crippen LogP contribution in [0.25, 0.3) is 0 Å². The molecule has 0 unspecified atom stereocenters. The van der Waals surface area contributed by atoms with Crippen LogP contribution in [-0.4, -0.2) is 19.1 Å². The fourth-order valence-electron chi connectivity index (χ4n) is 1.25. The maximum absolute atomic E-state index is 13.2. The Balaban J connectivity index is 0.00000225. The predicted octanol–water partition coefficient (Wildman–Crippen LogP) is 1.60. The molecule has 3 nitrogen and oxygen atoms in total. The standard InChI is InChI=1S/C11H14FNO2.ClH/c1-7-3-4-8(5-9(7)12)6-10(13)11(14)15-2;/h3-5,10H,6,13H2,1-2H3;1H/t10-;/m1./s1. The average molecular weight is 248 g/mol. The van der Waals surface area contributed by atoms with Crippen LogP contribution in [0.3, 0.4) is 0 Å². The SMILES string of the molecule is COC(=O)[C@H](N)Cc1ccc(C)c(F)c1.Cl. The number of halogens is 2. The Kier molecular flexibility index (Phi) is 6.00. The van der Waals surface area contributed by atoms with Crippen LogP contribution in [0.2, 0.25) is 0 Å². The van der Waals surface area contributed by atoms with E-state index in [9.17, 15) is 9.18 Å². The number of hydrogen-bond acceptors (Lipinski definition) is 3. The van der Waals surface area contributed by atoms with E-state index in [0.29, 0.717) is 11.1 Å². The molecule has 16 heavy (non-hydrogen) atoms. The van der Waals surface area contributed by atoms with Crippen molar-refractivity contribution in [3.05, 3.63) is 35.1 Å². The Labute approximate surface area is 100 Å². The van der Waals surface area contributed by atoms with Gasteiger partial charge < -0.3 is 10.5 Å². The molecule has 1 aromatic carbocycles. The van der Waals surface area contributed by atoms with Crippen molar-refractivity contribution in [2.45, 2.75) is 19.4 Å². The highest BCUT2D eigenvalue weighted by Crippen LogP contribution is 2.10. The van der Waals surface area contributed by atoms with Gasteiger partial charge in [0.15, 0.2) is 0 Å². The monoisotopic (exact) mass is 247 g/mol. The van der Waals surface area contributed by atoms with Crippen LogP contribution in [0.1, 0.15) is 11.1 Å². The summed E-state index contributed by atoms with van der Waals surface area (Å²) in [5, 5.41) is 0. The van der Waals surface area contributed by atoms with Gasteiger partial charge in [0.05, 0.1) is 7.11 Å². The van der Waals surface area contributed by atoms with Gasteiger partial charge in [0.25, 0.3) is 0 Å². The number of aryl methyl sites for hydroxylation is 1. The van der Waals surface area contributed by atoms with Crippen LogP contribution in [0.5, 0.6) is 0 Å². The number of hydrogen-bond donors (Lipinski definition) is 1. The molecule has 0 saturated heterocycles. The third kappa shape index (κ3) is 3.79. The highest BCUT2D eigenvalue weighted by molar-refractivity contribution is 5.85. The van der Waals surface area contributed by atoms with Crippen molar-refractivity contribution in [1.82, 2.24) is 0 Å². The highest BCUT2D eigenvalue weighted by Gasteiger charge is 2.14. The first-order chi connectivity index (χ1) is 7.04. The summed E-state index contributed by atoms with van der Waals surface area (Å²) in [6.07, 6.45) is 0.282. The molecule has 1 aromatic rings.